The van der Waals surface area contributed by atoms with Gasteiger partial charge in [0.25, 0.3) is 0 Å². The zero-order valence-corrected chi connectivity index (χ0v) is 12.8. The van der Waals surface area contributed by atoms with Crippen molar-refractivity contribution in [1.29, 1.82) is 0 Å². The van der Waals surface area contributed by atoms with Crippen molar-refractivity contribution in [2.24, 2.45) is 0 Å². The maximum absolute atomic E-state index is 12.4. The minimum atomic E-state index is -0.553. The fourth-order valence-electron chi connectivity index (χ4n) is 4.74. The smallest absolute Gasteiger partial charge is 0.331 e. The van der Waals surface area contributed by atoms with Crippen LogP contribution in [0, 0.1) is 0 Å². The lowest BCUT2D eigenvalue weighted by Gasteiger charge is -2.39. The number of carbonyl (C=O) groups excluding carboxylic acids is 1. The zero-order chi connectivity index (χ0) is 14.7. The number of rotatable bonds is 2. The predicted octanol–water partition coefficient (Wildman–Crippen LogP) is 2.09. The zero-order valence-electron chi connectivity index (χ0n) is 12.8. The standard InChI is InChI=1S/C17H23N2O2/c1-3-21-16(20)17(2)11-14-10-13-7-4-6-12-8-5-9-19(14,18-17)15(12)13/h4,6-7,14,18H,3,5,8-11H2,1-2H3/q+1. The quantitative estimate of drug-likeness (QED) is 0.669. The Hall–Kier alpha value is -1.39. The van der Waals surface area contributed by atoms with E-state index in [0.29, 0.717) is 12.6 Å². The molecule has 0 amide bonds. The monoisotopic (exact) mass is 287 g/mol. The van der Waals surface area contributed by atoms with Crippen LogP contribution in [0.15, 0.2) is 18.2 Å². The number of benzene rings is 1. The maximum Gasteiger partial charge on any atom is 0.331 e. The van der Waals surface area contributed by atoms with Gasteiger partial charge in [-0.3, -0.25) is 0 Å². The number of nitrogens with zero attached hydrogens (tertiary/aromatic N) is 1. The highest BCUT2D eigenvalue weighted by Crippen LogP contribution is 2.49. The molecular weight excluding hydrogens is 264 g/mol. The van der Waals surface area contributed by atoms with Crippen LogP contribution in [0.4, 0.5) is 5.69 Å². The number of quaternary nitrogens is 1. The summed E-state index contributed by atoms with van der Waals surface area (Å²) in [6, 6.07) is 7.16. The van der Waals surface area contributed by atoms with Gasteiger partial charge < -0.3 is 4.74 Å². The normalized spacial score (nSPS) is 36.2. The first-order chi connectivity index (χ1) is 10.1. The van der Waals surface area contributed by atoms with Crippen molar-refractivity contribution in [3.63, 3.8) is 0 Å². The van der Waals surface area contributed by atoms with Crippen molar-refractivity contribution in [3.05, 3.63) is 29.3 Å². The lowest BCUT2D eigenvalue weighted by Crippen LogP contribution is -2.64. The van der Waals surface area contributed by atoms with Gasteiger partial charge in [0.2, 0.25) is 0 Å². The van der Waals surface area contributed by atoms with Crippen LogP contribution in [0.2, 0.25) is 0 Å². The van der Waals surface area contributed by atoms with Gasteiger partial charge in [0.15, 0.2) is 11.2 Å². The molecule has 0 saturated carbocycles. The Labute approximate surface area is 125 Å². The lowest BCUT2D eigenvalue weighted by atomic mass is 9.94. The van der Waals surface area contributed by atoms with Crippen molar-refractivity contribution in [3.8, 4) is 0 Å². The van der Waals surface area contributed by atoms with Gasteiger partial charge in [0, 0.05) is 30.4 Å². The van der Waals surface area contributed by atoms with Gasteiger partial charge in [-0.2, -0.15) is 0 Å². The summed E-state index contributed by atoms with van der Waals surface area (Å²) in [5.74, 6) is -0.100. The summed E-state index contributed by atoms with van der Waals surface area (Å²) >= 11 is 0. The van der Waals surface area contributed by atoms with E-state index in [1.54, 1.807) is 0 Å². The lowest BCUT2D eigenvalue weighted by molar-refractivity contribution is -0.150. The topological polar surface area (TPSA) is 38.3 Å². The van der Waals surface area contributed by atoms with E-state index in [4.69, 9.17) is 4.74 Å². The number of ether oxygens (including phenoxy) is 1. The second-order valence-electron chi connectivity index (χ2n) is 6.85. The molecule has 4 nitrogen and oxygen atoms in total. The number of nitrogens with one attached hydrogen (secondary N) is 1. The van der Waals surface area contributed by atoms with E-state index < -0.39 is 5.54 Å². The number of para-hydroxylation sites is 1. The van der Waals surface area contributed by atoms with E-state index in [9.17, 15) is 4.79 Å². The van der Waals surface area contributed by atoms with Crippen molar-refractivity contribution in [1.82, 2.24) is 10.0 Å². The first-order valence-electron chi connectivity index (χ1n) is 8.05. The molecule has 1 spiro atoms. The first kappa shape index (κ1) is 13.3. The third-order valence-corrected chi connectivity index (χ3v) is 5.45. The van der Waals surface area contributed by atoms with E-state index >= 15 is 0 Å². The Morgan fingerprint density at radius 2 is 2.29 bits per heavy atom. The molecule has 21 heavy (non-hydrogen) atoms. The van der Waals surface area contributed by atoms with Crippen LogP contribution in [0.3, 0.4) is 0 Å². The molecule has 1 saturated heterocycles. The Morgan fingerprint density at radius 3 is 3.10 bits per heavy atom. The Kier molecular flexibility index (Phi) is 2.72. The van der Waals surface area contributed by atoms with Gasteiger partial charge in [-0.1, -0.05) is 18.2 Å². The van der Waals surface area contributed by atoms with Gasteiger partial charge in [-0.15, -0.1) is 5.43 Å². The van der Waals surface area contributed by atoms with Crippen LogP contribution in [-0.2, 0) is 22.4 Å². The van der Waals surface area contributed by atoms with Gasteiger partial charge in [0.05, 0.1) is 6.61 Å². The summed E-state index contributed by atoms with van der Waals surface area (Å²) in [6.07, 6.45) is 4.28. The van der Waals surface area contributed by atoms with Gasteiger partial charge >= 0.3 is 5.97 Å². The molecule has 1 aromatic carbocycles. The molecule has 0 bridgehead atoms. The minimum Gasteiger partial charge on any atom is -0.464 e. The first-order valence-corrected chi connectivity index (χ1v) is 8.05. The molecule has 3 aliphatic rings. The molecule has 1 fully saturated rings. The Balaban J connectivity index is 1.77. The third-order valence-electron chi connectivity index (χ3n) is 5.45. The van der Waals surface area contributed by atoms with Gasteiger partial charge in [-0.05, 0) is 20.3 Å². The van der Waals surface area contributed by atoms with E-state index in [1.165, 1.54) is 23.2 Å². The molecule has 0 aliphatic carbocycles. The fourth-order valence-corrected chi connectivity index (χ4v) is 4.74. The molecule has 4 heteroatoms. The van der Waals surface area contributed by atoms with Crippen LogP contribution in [0.25, 0.3) is 0 Å². The highest BCUT2D eigenvalue weighted by atomic mass is 16.5. The molecule has 3 unspecified atom stereocenters. The summed E-state index contributed by atoms with van der Waals surface area (Å²) in [6.45, 7) is 5.41. The highest BCUT2D eigenvalue weighted by molar-refractivity contribution is 5.82. The number of hydrogen-bond acceptors (Lipinski definition) is 3. The SMILES string of the molecule is CCOC(=O)C1(C)CC2Cc3cccc4c3[N+]2(CCC4)N1. The molecule has 3 atom stereocenters. The van der Waals surface area contributed by atoms with E-state index in [0.717, 1.165) is 30.4 Å². The predicted molar refractivity (Wildman–Crippen MR) is 81.7 cm³/mol. The molecule has 0 aromatic heterocycles. The second-order valence-corrected chi connectivity index (χ2v) is 6.85. The van der Waals surface area contributed by atoms with Crippen molar-refractivity contribution < 1.29 is 9.53 Å². The number of hydrogen-bond donors (Lipinski definition) is 1. The summed E-state index contributed by atoms with van der Waals surface area (Å²) < 4.78 is 6.11. The minimum absolute atomic E-state index is 0.100. The number of esters is 1. The van der Waals surface area contributed by atoms with Crippen LogP contribution in [0.1, 0.15) is 37.8 Å². The van der Waals surface area contributed by atoms with E-state index in [-0.39, 0.29) is 5.97 Å². The Bertz CT molecular complexity index is 615. The highest BCUT2D eigenvalue weighted by Gasteiger charge is 2.62. The number of aryl methyl sites for hydroxylation is 1. The summed E-state index contributed by atoms with van der Waals surface area (Å²) in [4.78, 5) is 12.4. The molecule has 1 N–H and O–H groups in total. The summed E-state index contributed by atoms with van der Waals surface area (Å²) in [7, 11) is 0. The molecule has 1 aromatic rings. The van der Waals surface area contributed by atoms with Gasteiger partial charge in [-0.25, -0.2) is 9.39 Å². The summed E-state index contributed by atoms with van der Waals surface area (Å²) in [5.41, 5.74) is 7.51. The van der Waals surface area contributed by atoms with Gasteiger partial charge in [0.1, 0.15) is 12.6 Å². The van der Waals surface area contributed by atoms with Crippen LogP contribution < -0.4 is 10.0 Å². The number of carbonyl (C=O) groups is 1. The second kappa shape index (κ2) is 4.31. The van der Waals surface area contributed by atoms with Crippen molar-refractivity contribution >= 4 is 11.7 Å². The molecule has 0 radical (unpaired) electrons. The largest absolute Gasteiger partial charge is 0.464 e. The van der Waals surface area contributed by atoms with Crippen LogP contribution >= 0.6 is 0 Å². The molecule has 112 valence electrons. The molecule has 3 aliphatic heterocycles. The molecule has 4 rings (SSSR count). The fraction of sp³-hybridized carbons (Fsp3) is 0.588. The average molecular weight is 287 g/mol. The van der Waals surface area contributed by atoms with Crippen molar-refractivity contribution in [2.75, 3.05) is 13.2 Å². The summed E-state index contributed by atoms with van der Waals surface area (Å²) in [5, 5.41) is 0. The van der Waals surface area contributed by atoms with Crippen LogP contribution in [0.5, 0.6) is 0 Å². The molecular formula is C17H23N2O2+. The maximum atomic E-state index is 12.4. The average Bonchev–Trinajstić information content (AvgIpc) is 2.89. The van der Waals surface area contributed by atoms with E-state index in [2.05, 4.69) is 23.6 Å². The van der Waals surface area contributed by atoms with Crippen molar-refractivity contribution in [2.45, 2.75) is 51.1 Å². The van der Waals surface area contributed by atoms with E-state index in [1.807, 2.05) is 13.8 Å². The Morgan fingerprint density at radius 1 is 1.48 bits per heavy atom. The molecule has 3 heterocycles. The third kappa shape index (κ3) is 1.66. The van der Waals surface area contributed by atoms with Crippen LogP contribution in [-0.4, -0.2) is 30.7 Å².